The number of methoxy groups -OCH3 is 2. The molecule has 0 aliphatic carbocycles. The first-order valence-electron chi connectivity index (χ1n) is 8.93. The lowest BCUT2D eigenvalue weighted by Crippen LogP contribution is -2.21. The van der Waals surface area contributed by atoms with Gasteiger partial charge in [0, 0.05) is 11.8 Å². The van der Waals surface area contributed by atoms with Gasteiger partial charge in [0.05, 0.1) is 32.6 Å². The predicted molar refractivity (Wildman–Crippen MR) is 101 cm³/mol. The second-order valence-corrected chi connectivity index (χ2v) is 6.32. The van der Waals surface area contributed by atoms with E-state index in [1.807, 2.05) is 0 Å². The van der Waals surface area contributed by atoms with Crippen molar-refractivity contribution in [2.75, 3.05) is 26.1 Å². The van der Waals surface area contributed by atoms with Crippen molar-refractivity contribution in [1.29, 1.82) is 0 Å². The van der Waals surface area contributed by atoms with Gasteiger partial charge in [0.15, 0.2) is 23.9 Å². The summed E-state index contributed by atoms with van der Waals surface area (Å²) in [6.07, 6.45) is 2.75. The van der Waals surface area contributed by atoms with Crippen LogP contribution in [0.5, 0.6) is 17.2 Å². The summed E-state index contributed by atoms with van der Waals surface area (Å²) in [5, 5.41) is 6.42. The van der Waals surface area contributed by atoms with E-state index in [1.165, 1.54) is 31.3 Å². The molecule has 3 aromatic rings. The van der Waals surface area contributed by atoms with Crippen molar-refractivity contribution >= 4 is 11.6 Å². The number of amides is 1. The number of ether oxygens (including phenoxy) is 3. The average molecular weight is 457 g/mol. The minimum absolute atomic E-state index is 0.206. The number of para-hydroxylation sites is 1. The maximum absolute atomic E-state index is 13.6. The third kappa shape index (κ3) is 4.58. The number of aromatic nitrogens is 2. The number of carbonyl (C=O) groups is 1. The molecule has 0 saturated carbocycles. The van der Waals surface area contributed by atoms with E-state index in [0.29, 0.717) is 11.5 Å². The van der Waals surface area contributed by atoms with E-state index in [0.717, 1.165) is 5.56 Å². The highest BCUT2D eigenvalue weighted by Crippen LogP contribution is 2.31. The van der Waals surface area contributed by atoms with Crippen LogP contribution < -0.4 is 19.5 Å². The molecule has 0 aliphatic heterocycles. The molecule has 0 spiro atoms. The van der Waals surface area contributed by atoms with Crippen molar-refractivity contribution < 1.29 is 41.0 Å². The summed E-state index contributed by atoms with van der Waals surface area (Å²) in [4.78, 5) is 12.0. The second-order valence-electron chi connectivity index (χ2n) is 6.32. The number of hydrogen-bond donors (Lipinski definition) is 1. The zero-order valence-electron chi connectivity index (χ0n) is 16.7. The van der Waals surface area contributed by atoms with Crippen LogP contribution in [0.25, 0.3) is 0 Å². The molecule has 0 aliphatic rings. The van der Waals surface area contributed by atoms with Gasteiger partial charge >= 0.3 is 0 Å². The van der Waals surface area contributed by atoms with Crippen molar-refractivity contribution in [2.45, 2.75) is 6.54 Å². The zero-order valence-corrected chi connectivity index (χ0v) is 16.7. The Kier molecular flexibility index (Phi) is 6.81. The first kappa shape index (κ1) is 22.8. The Morgan fingerprint density at radius 1 is 0.969 bits per heavy atom. The number of nitrogens with zero attached hydrogens (tertiary/aromatic N) is 2. The van der Waals surface area contributed by atoms with Crippen molar-refractivity contribution in [3.05, 3.63) is 65.2 Å². The molecule has 0 atom stereocenters. The van der Waals surface area contributed by atoms with E-state index < -0.39 is 47.3 Å². The molecule has 0 unspecified atom stereocenters. The van der Waals surface area contributed by atoms with Gasteiger partial charge in [-0.3, -0.25) is 9.48 Å². The van der Waals surface area contributed by atoms with Crippen LogP contribution in [-0.4, -0.2) is 36.5 Å². The average Bonchev–Trinajstić information content (AvgIpc) is 3.22. The Labute approximate surface area is 178 Å². The molecule has 32 heavy (non-hydrogen) atoms. The number of halogens is 5. The molecule has 1 aromatic heterocycles. The summed E-state index contributed by atoms with van der Waals surface area (Å²) in [5.41, 5.74) is 0.945. The summed E-state index contributed by atoms with van der Waals surface area (Å²) < 4.78 is 83.2. The third-order valence-corrected chi connectivity index (χ3v) is 4.25. The van der Waals surface area contributed by atoms with Gasteiger partial charge in [-0.25, -0.2) is 13.2 Å². The minimum Gasteiger partial charge on any atom is -0.493 e. The standard InChI is InChI=1S/C20H16F5N3O4/c1-30-12-5-3-4-10(19(12)31-2)7-28-8-11(6-26-28)27-13(29)9-32-20-17(24)15(22)14(21)16(23)18(20)25/h3-6,8H,7,9H2,1-2H3,(H,27,29). The maximum atomic E-state index is 13.6. The van der Waals surface area contributed by atoms with Crippen molar-refractivity contribution in [3.63, 3.8) is 0 Å². The molecule has 170 valence electrons. The number of nitrogens with one attached hydrogen (secondary N) is 1. The molecule has 7 nitrogen and oxygen atoms in total. The molecule has 0 bridgehead atoms. The lowest BCUT2D eigenvalue weighted by molar-refractivity contribution is -0.118. The topological polar surface area (TPSA) is 74.6 Å². The van der Waals surface area contributed by atoms with E-state index in [9.17, 15) is 26.7 Å². The van der Waals surface area contributed by atoms with Gasteiger partial charge in [0.25, 0.3) is 5.91 Å². The molecule has 1 amide bonds. The fourth-order valence-electron chi connectivity index (χ4n) is 2.81. The summed E-state index contributed by atoms with van der Waals surface area (Å²) in [6.45, 7) is -0.745. The number of hydrogen-bond acceptors (Lipinski definition) is 5. The van der Waals surface area contributed by atoms with Gasteiger partial charge in [-0.05, 0) is 6.07 Å². The van der Waals surface area contributed by atoms with Crippen LogP contribution in [0, 0.1) is 29.1 Å². The number of benzene rings is 2. The molecular formula is C20H16F5N3O4. The Morgan fingerprint density at radius 2 is 1.62 bits per heavy atom. The van der Waals surface area contributed by atoms with E-state index in [4.69, 9.17) is 9.47 Å². The van der Waals surface area contributed by atoms with Crippen molar-refractivity contribution in [3.8, 4) is 17.2 Å². The predicted octanol–water partition coefficient (Wildman–Crippen LogP) is 3.66. The fraction of sp³-hybridized carbons (Fsp3) is 0.200. The zero-order chi connectivity index (χ0) is 23.4. The SMILES string of the molecule is COc1cccc(Cn2cc(NC(=O)COc3c(F)c(F)c(F)c(F)c3F)cn2)c1OC. The van der Waals surface area contributed by atoms with E-state index >= 15 is 0 Å². The van der Waals surface area contributed by atoms with Crippen LogP contribution in [0.4, 0.5) is 27.6 Å². The number of carbonyl (C=O) groups excluding carboxylic acids is 1. The smallest absolute Gasteiger partial charge is 0.262 e. The quantitative estimate of drug-likeness (QED) is 0.318. The van der Waals surface area contributed by atoms with Gasteiger partial charge in [-0.2, -0.15) is 13.9 Å². The molecule has 0 radical (unpaired) electrons. The van der Waals surface area contributed by atoms with Crippen LogP contribution in [0.2, 0.25) is 0 Å². The minimum atomic E-state index is -2.32. The summed E-state index contributed by atoms with van der Waals surface area (Å²) >= 11 is 0. The summed E-state index contributed by atoms with van der Waals surface area (Å²) in [5.74, 6) is -12.4. The molecule has 12 heteroatoms. The normalized spacial score (nSPS) is 10.7. The molecule has 1 heterocycles. The highest BCUT2D eigenvalue weighted by atomic mass is 19.2. The molecule has 1 N–H and O–H groups in total. The lowest BCUT2D eigenvalue weighted by atomic mass is 10.2. The number of anilines is 1. The van der Waals surface area contributed by atoms with Crippen molar-refractivity contribution in [2.24, 2.45) is 0 Å². The Morgan fingerprint density at radius 3 is 2.25 bits per heavy atom. The summed E-state index contributed by atoms with van der Waals surface area (Å²) in [7, 11) is 2.98. The first-order chi connectivity index (χ1) is 15.3. The van der Waals surface area contributed by atoms with Gasteiger partial charge in [0.1, 0.15) is 0 Å². The first-order valence-corrected chi connectivity index (χ1v) is 8.93. The Balaban J connectivity index is 1.65. The highest BCUT2D eigenvalue weighted by molar-refractivity contribution is 5.91. The van der Waals surface area contributed by atoms with Crippen LogP contribution in [0.1, 0.15) is 5.56 Å². The fourth-order valence-corrected chi connectivity index (χ4v) is 2.81. The molecule has 0 saturated heterocycles. The Bertz CT molecular complexity index is 1120. The Hall–Kier alpha value is -3.83. The monoisotopic (exact) mass is 457 g/mol. The van der Waals surface area contributed by atoms with Gasteiger partial charge < -0.3 is 19.5 Å². The number of rotatable bonds is 8. The lowest BCUT2D eigenvalue weighted by Gasteiger charge is -2.12. The molecular weight excluding hydrogens is 441 g/mol. The molecule has 0 fully saturated rings. The second kappa shape index (κ2) is 9.54. The van der Waals surface area contributed by atoms with Gasteiger partial charge in [-0.15, -0.1) is 0 Å². The third-order valence-electron chi connectivity index (χ3n) is 4.25. The van der Waals surface area contributed by atoms with E-state index in [-0.39, 0.29) is 12.2 Å². The van der Waals surface area contributed by atoms with Crippen LogP contribution >= 0.6 is 0 Å². The van der Waals surface area contributed by atoms with Gasteiger partial charge in [-0.1, -0.05) is 12.1 Å². The van der Waals surface area contributed by atoms with Crippen LogP contribution in [-0.2, 0) is 11.3 Å². The molecule has 2 aromatic carbocycles. The maximum Gasteiger partial charge on any atom is 0.262 e. The largest absolute Gasteiger partial charge is 0.493 e. The highest BCUT2D eigenvalue weighted by Gasteiger charge is 2.27. The summed E-state index contributed by atoms with van der Waals surface area (Å²) in [6, 6.07) is 5.28. The van der Waals surface area contributed by atoms with E-state index in [1.54, 1.807) is 18.2 Å². The van der Waals surface area contributed by atoms with Crippen LogP contribution in [0.15, 0.2) is 30.6 Å². The van der Waals surface area contributed by atoms with Crippen molar-refractivity contribution in [1.82, 2.24) is 9.78 Å². The van der Waals surface area contributed by atoms with Gasteiger partial charge in [0.2, 0.25) is 29.1 Å². The van der Waals surface area contributed by atoms with Crippen LogP contribution in [0.3, 0.4) is 0 Å². The van der Waals surface area contributed by atoms with E-state index in [2.05, 4.69) is 15.2 Å². The molecule has 3 rings (SSSR count).